The molecule has 100 valence electrons. The van der Waals surface area contributed by atoms with E-state index in [9.17, 15) is 18.0 Å². The summed E-state index contributed by atoms with van der Waals surface area (Å²) >= 11 is 0. The first-order valence-electron chi connectivity index (χ1n) is 5.61. The van der Waals surface area contributed by atoms with Crippen LogP contribution in [0.3, 0.4) is 0 Å². The number of hydrogen-bond acceptors (Lipinski definition) is 2. The molecule has 0 aliphatic heterocycles. The quantitative estimate of drug-likeness (QED) is 0.815. The third-order valence-electron chi connectivity index (χ3n) is 2.38. The first kappa shape index (κ1) is 14.3. The lowest BCUT2D eigenvalue weighted by molar-refractivity contribution is -0.136. The Morgan fingerprint density at radius 1 is 1.39 bits per heavy atom. The van der Waals surface area contributed by atoms with Gasteiger partial charge in [-0.25, -0.2) is 0 Å². The van der Waals surface area contributed by atoms with Crippen LogP contribution in [-0.2, 0) is 11.0 Å². The minimum atomic E-state index is -4.54. The summed E-state index contributed by atoms with van der Waals surface area (Å²) < 4.78 is 38.2. The number of rotatable bonds is 4. The van der Waals surface area contributed by atoms with Gasteiger partial charge in [-0.1, -0.05) is 13.3 Å². The molecule has 0 atom stereocenters. The molecule has 0 unspecified atom stereocenters. The largest absolute Gasteiger partial charge is 0.418 e. The van der Waals surface area contributed by atoms with E-state index in [0.717, 1.165) is 12.5 Å². The van der Waals surface area contributed by atoms with Crippen LogP contribution in [0.4, 0.5) is 24.5 Å². The molecular formula is C12H15F3N2O. The van der Waals surface area contributed by atoms with Crippen LogP contribution < -0.4 is 11.1 Å². The Labute approximate surface area is 103 Å². The van der Waals surface area contributed by atoms with Gasteiger partial charge in [-0.05, 0) is 24.6 Å². The topological polar surface area (TPSA) is 55.1 Å². The lowest BCUT2D eigenvalue weighted by atomic mass is 10.1. The first-order chi connectivity index (χ1) is 8.34. The van der Waals surface area contributed by atoms with Crippen molar-refractivity contribution in [3.8, 4) is 0 Å². The summed E-state index contributed by atoms with van der Waals surface area (Å²) in [5.41, 5.74) is 4.15. The highest BCUT2D eigenvalue weighted by Gasteiger charge is 2.34. The van der Waals surface area contributed by atoms with Crippen LogP contribution >= 0.6 is 0 Å². The number of benzene rings is 1. The molecular weight excluding hydrogens is 245 g/mol. The molecule has 0 saturated carbocycles. The number of hydrogen-bond donors (Lipinski definition) is 2. The summed E-state index contributed by atoms with van der Waals surface area (Å²) in [5, 5.41) is 2.26. The lowest BCUT2D eigenvalue weighted by Crippen LogP contribution is -2.16. The van der Waals surface area contributed by atoms with Crippen LogP contribution in [-0.4, -0.2) is 5.91 Å². The fourth-order valence-electron chi connectivity index (χ4n) is 1.46. The molecule has 0 aromatic heterocycles. The number of unbranched alkanes of at least 4 members (excludes halogenated alkanes) is 1. The van der Waals surface area contributed by atoms with E-state index in [0.29, 0.717) is 6.42 Å². The Balaban J connectivity index is 2.92. The molecule has 1 rings (SSSR count). The van der Waals surface area contributed by atoms with E-state index in [1.54, 1.807) is 0 Å². The van der Waals surface area contributed by atoms with Gasteiger partial charge in [-0.15, -0.1) is 0 Å². The zero-order chi connectivity index (χ0) is 13.8. The third-order valence-corrected chi connectivity index (χ3v) is 2.38. The fourth-order valence-corrected chi connectivity index (χ4v) is 1.46. The predicted molar refractivity (Wildman–Crippen MR) is 64.0 cm³/mol. The predicted octanol–water partition coefficient (Wildman–Crippen LogP) is 3.42. The average Bonchev–Trinajstić information content (AvgIpc) is 2.27. The summed E-state index contributed by atoms with van der Waals surface area (Å²) in [4.78, 5) is 11.4. The number of carbonyl (C=O) groups excluding carboxylic acids is 1. The van der Waals surface area contributed by atoms with Gasteiger partial charge in [0.25, 0.3) is 0 Å². The molecule has 0 fully saturated rings. The summed E-state index contributed by atoms with van der Waals surface area (Å²) in [7, 11) is 0. The highest BCUT2D eigenvalue weighted by molar-refractivity contribution is 5.91. The molecule has 0 radical (unpaired) electrons. The highest BCUT2D eigenvalue weighted by atomic mass is 19.4. The van der Waals surface area contributed by atoms with Crippen molar-refractivity contribution >= 4 is 17.3 Å². The van der Waals surface area contributed by atoms with Crippen LogP contribution in [0.1, 0.15) is 31.7 Å². The van der Waals surface area contributed by atoms with Gasteiger partial charge in [0.15, 0.2) is 0 Å². The van der Waals surface area contributed by atoms with Gasteiger partial charge in [-0.3, -0.25) is 4.79 Å². The zero-order valence-corrected chi connectivity index (χ0v) is 9.97. The van der Waals surface area contributed by atoms with E-state index >= 15 is 0 Å². The number of nitrogen functional groups attached to an aromatic ring is 1. The van der Waals surface area contributed by atoms with Crippen molar-refractivity contribution < 1.29 is 18.0 Å². The Kier molecular flexibility index (Phi) is 4.58. The maximum atomic E-state index is 12.7. The molecule has 0 spiro atoms. The molecule has 6 heteroatoms. The normalized spacial score (nSPS) is 11.3. The standard InChI is InChI=1S/C12H15F3N2O/c1-2-3-4-11(18)17-10-6-5-8(16)7-9(10)12(13,14)15/h5-7H,2-4,16H2,1H3,(H,17,18). The van der Waals surface area contributed by atoms with Gasteiger partial charge in [0.1, 0.15) is 0 Å². The number of nitrogens with one attached hydrogen (secondary N) is 1. The number of carbonyl (C=O) groups is 1. The third kappa shape index (κ3) is 3.94. The second-order valence-electron chi connectivity index (χ2n) is 3.95. The van der Waals surface area contributed by atoms with Gasteiger partial charge in [0.2, 0.25) is 5.91 Å². The zero-order valence-electron chi connectivity index (χ0n) is 9.97. The van der Waals surface area contributed by atoms with Crippen molar-refractivity contribution in [1.82, 2.24) is 0 Å². The molecule has 18 heavy (non-hydrogen) atoms. The second kappa shape index (κ2) is 5.75. The van der Waals surface area contributed by atoms with Crippen LogP contribution in [0.2, 0.25) is 0 Å². The molecule has 0 aliphatic rings. The summed E-state index contributed by atoms with van der Waals surface area (Å²) in [6, 6.07) is 3.31. The summed E-state index contributed by atoms with van der Waals surface area (Å²) in [6.07, 6.45) is -2.88. The maximum Gasteiger partial charge on any atom is 0.418 e. The minimum absolute atomic E-state index is 0.00822. The van der Waals surface area contributed by atoms with E-state index in [2.05, 4.69) is 5.32 Å². The number of alkyl halides is 3. The summed E-state index contributed by atoms with van der Waals surface area (Å²) in [6.45, 7) is 1.90. The number of halogens is 3. The van der Waals surface area contributed by atoms with Crippen molar-refractivity contribution in [3.05, 3.63) is 23.8 Å². The number of anilines is 2. The average molecular weight is 260 g/mol. The maximum absolute atomic E-state index is 12.7. The molecule has 3 N–H and O–H groups in total. The Hall–Kier alpha value is -1.72. The van der Waals surface area contributed by atoms with Gasteiger partial charge >= 0.3 is 6.18 Å². The van der Waals surface area contributed by atoms with Crippen molar-refractivity contribution in [3.63, 3.8) is 0 Å². The molecule has 1 aromatic carbocycles. The Bertz CT molecular complexity index is 430. The van der Waals surface area contributed by atoms with Crippen LogP contribution in [0.25, 0.3) is 0 Å². The number of nitrogens with two attached hydrogens (primary N) is 1. The molecule has 1 aromatic rings. The first-order valence-corrected chi connectivity index (χ1v) is 5.61. The molecule has 0 bridgehead atoms. The number of amides is 1. The van der Waals surface area contributed by atoms with Crippen molar-refractivity contribution in [2.75, 3.05) is 11.1 Å². The van der Waals surface area contributed by atoms with Crippen molar-refractivity contribution in [1.29, 1.82) is 0 Å². The van der Waals surface area contributed by atoms with Crippen LogP contribution in [0.5, 0.6) is 0 Å². The molecule has 3 nitrogen and oxygen atoms in total. The van der Waals surface area contributed by atoms with E-state index < -0.39 is 17.6 Å². The minimum Gasteiger partial charge on any atom is -0.399 e. The SMILES string of the molecule is CCCCC(=O)Nc1ccc(N)cc1C(F)(F)F. The van der Waals surface area contributed by atoms with Gasteiger partial charge < -0.3 is 11.1 Å². The molecule has 0 saturated heterocycles. The molecule has 0 aliphatic carbocycles. The van der Waals surface area contributed by atoms with E-state index in [1.165, 1.54) is 12.1 Å². The van der Waals surface area contributed by atoms with E-state index in [4.69, 9.17) is 5.73 Å². The van der Waals surface area contributed by atoms with Gasteiger partial charge in [0, 0.05) is 12.1 Å². The van der Waals surface area contributed by atoms with Crippen molar-refractivity contribution in [2.24, 2.45) is 0 Å². The van der Waals surface area contributed by atoms with E-state index in [-0.39, 0.29) is 17.8 Å². The highest BCUT2D eigenvalue weighted by Crippen LogP contribution is 2.36. The molecule has 1 amide bonds. The van der Waals surface area contributed by atoms with Crippen LogP contribution in [0.15, 0.2) is 18.2 Å². The smallest absolute Gasteiger partial charge is 0.399 e. The van der Waals surface area contributed by atoms with Crippen LogP contribution in [0, 0.1) is 0 Å². The van der Waals surface area contributed by atoms with Gasteiger partial charge in [0.05, 0.1) is 11.3 Å². The van der Waals surface area contributed by atoms with E-state index in [1.807, 2.05) is 6.92 Å². The second-order valence-corrected chi connectivity index (χ2v) is 3.95. The monoisotopic (exact) mass is 260 g/mol. The molecule has 0 heterocycles. The lowest BCUT2D eigenvalue weighted by Gasteiger charge is -2.14. The Morgan fingerprint density at radius 2 is 2.06 bits per heavy atom. The fraction of sp³-hybridized carbons (Fsp3) is 0.417. The van der Waals surface area contributed by atoms with Gasteiger partial charge in [-0.2, -0.15) is 13.2 Å². The Morgan fingerprint density at radius 3 is 2.61 bits per heavy atom. The van der Waals surface area contributed by atoms with Crippen molar-refractivity contribution in [2.45, 2.75) is 32.4 Å². The summed E-state index contributed by atoms with van der Waals surface area (Å²) in [5.74, 6) is -0.424.